The lowest BCUT2D eigenvalue weighted by Gasteiger charge is -2.34. The number of sulfonamides is 1. The maximum absolute atomic E-state index is 14.2. The number of carbonyl (C=O) groups is 2. The summed E-state index contributed by atoms with van der Waals surface area (Å²) in [4.78, 5) is 29.3. The molecule has 1 fully saturated rings. The third kappa shape index (κ3) is 6.91. The summed E-state index contributed by atoms with van der Waals surface area (Å²) in [6, 6.07) is 24.3. The van der Waals surface area contributed by atoms with E-state index in [0.29, 0.717) is 18.5 Å². The Bertz CT molecular complexity index is 1370. The fraction of sp³-hybridized carbons (Fsp3) is 0.375. The van der Waals surface area contributed by atoms with Gasteiger partial charge in [-0.3, -0.25) is 13.9 Å². The summed E-state index contributed by atoms with van der Waals surface area (Å²) in [5.41, 5.74) is 2.15. The predicted octanol–water partition coefficient (Wildman–Crippen LogP) is 5.31. The van der Waals surface area contributed by atoms with Crippen LogP contribution in [-0.2, 0) is 32.6 Å². The first kappa shape index (κ1) is 29.3. The van der Waals surface area contributed by atoms with Gasteiger partial charge in [0.05, 0.1) is 10.6 Å². The second-order valence-corrected chi connectivity index (χ2v) is 12.1. The number of amides is 2. The van der Waals surface area contributed by atoms with Gasteiger partial charge in [-0.2, -0.15) is 0 Å². The van der Waals surface area contributed by atoms with Gasteiger partial charge in [0.15, 0.2) is 0 Å². The molecular formula is C32H39N3O4S. The molecule has 7 nitrogen and oxygen atoms in total. The predicted molar refractivity (Wildman–Crippen MR) is 158 cm³/mol. The molecule has 1 saturated carbocycles. The van der Waals surface area contributed by atoms with E-state index in [0.717, 1.165) is 36.8 Å². The van der Waals surface area contributed by atoms with Crippen LogP contribution in [0.3, 0.4) is 0 Å². The smallest absolute Gasteiger partial charge is 0.264 e. The first-order chi connectivity index (χ1) is 19.3. The highest BCUT2D eigenvalue weighted by atomic mass is 32.2. The zero-order valence-corrected chi connectivity index (χ0v) is 24.1. The maximum Gasteiger partial charge on any atom is 0.264 e. The molecule has 1 aliphatic rings. The number of anilines is 1. The van der Waals surface area contributed by atoms with Crippen molar-refractivity contribution in [3.63, 3.8) is 0 Å². The fourth-order valence-corrected chi connectivity index (χ4v) is 6.83. The van der Waals surface area contributed by atoms with Gasteiger partial charge < -0.3 is 10.2 Å². The summed E-state index contributed by atoms with van der Waals surface area (Å²) >= 11 is 0. The number of aryl methyl sites for hydroxylation is 1. The molecule has 3 aromatic rings. The molecule has 0 aliphatic heterocycles. The lowest BCUT2D eigenvalue weighted by molar-refractivity contribution is -0.140. The fourth-order valence-electron chi connectivity index (χ4n) is 5.35. The van der Waals surface area contributed by atoms with E-state index < -0.39 is 28.5 Å². The van der Waals surface area contributed by atoms with Gasteiger partial charge in [0, 0.05) is 12.6 Å². The molecule has 4 rings (SSSR count). The summed E-state index contributed by atoms with van der Waals surface area (Å²) in [5, 5.41) is 3.15. The number of carbonyl (C=O) groups excluding carboxylic acids is 2. The molecule has 0 aromatic heterocycles. The van der Waals surface area contributed by atoms with Crippen molar-refractivity contribution in [2.75, 3.05) is 10.8 Å². The Morgan fingerprint density at radius 3 is 2.10 bits per heavy atom. The average Bonchev–Trinajstić information content (AvgIpc) is 3.49. The van der Waals surface area contributed by atoms with E-state index in [4.69, 9.17) is 0 Å². The molecule has 0 saturated heterocycles. The molecular weight excluding hydrogens is 522 g/mol. The third-order valence-corrected chi connectivity index (χ3v) is 9.31. The zero-order chi connectivity index (χ0) is 28.5. The molecule has 40 heavy (non-hydrogen) atoms. The van der Waals surface area contributed by atoms with Crippen LogP contribution in [0.1, 0.15) is 57.1 Å². The van der Waals surface area contributed by atoms with Crippen LogP contribution in [-0.4, -0.2) is 43.8 Å². The molecule has 1 atom stereocenters. The van der Waals surface area contributed by atoms with Crippen LogP contribution < -0.4 is 9.62 Å². The summed E-state index contributed by atoms with van der Waals surface area (Å²) in [5.74, 6) is -0.618. The maximum atomic E-state index is 14.2. The topological polar surface area (TPSA) is 86.8 Å². The van der Waals surface area contributed by atoms with Crippen molar-refractivity contribution in [3.8, 4) is 0 Å². The average molecular weight is 562 g/mol. The molecule has 3 aromatic carbocycles. The van der Waals surface area contributed by atoms with Crippen molar-refractivity contribution < 1.29 is 18.0 Å². The minimum Gasteiger partial charge on any atom is -0.352 e. The van der Waals surface area contributed by atoms with E-state index in [-0.39, 0.29) is 23.4 Å². The Morgan fingerprint density at radius 1 is 0.875 bits per heavy atom. The number of hydrogen-bond donors (Lipinski definition) is 1. The van der Waals surface area contributed by atoms with Crippen LogP contribution in [0.5, 0.6) is 0 Å². The van der Waals surface area contributed by atoms with E-state index in [2.05, 4.69) is 5.32 Å². The van der Waals surface area contributed by atoms with Gasteiger partial charge in [-0.25, -0.2) is 8.42 Å². The van der Waals surface area contributed by atoms with Crippen molar-refractivity contribution in [3.05, 3.63) is 96.1 Å². The van der Waals surface area contributed by atoms with Crippen LogP contribution in [0.2, 0.25) is 0 Å². The second-order valence-electron chi connectivity index (χ2n) is 10.2. The monoisotopic (exact) mass is 561 g/mol. The van der Waals surface area contributed by atoms with E-state index in [1.165, 1.54) is 16.4 Å². The molecule has 0 unspecified atom stereocenters. The highest BCUT2D eigenvalue weighted by Gasteiger charge is 2.35. The van der Waals surface area contributed by atoms with E-state index >= 15 is 0 Å². The summed E-state index contributed by atoms with van der Waals surface area (Å²) < 4.78 is 29.2. The zero-order valence-electron chi connectivity index (χ0n) is 23.3. The van der Waals surface area contributed by atoms with Gasteiger partial charge in [0.2, 0.25) is 11.8 Å². The van der Waals surface area contributed by atoms with Gasteiger partial charge in [0.25, 0.3) is 10.0 Å². The summed E-state index contributed by atoms with van der Waals surface area (Å²) in [6.07, 6.45) is 5.04. The van der Waals surface area contributed by atoms with E-state index in [1.54, 1.807) is 35.2 Å². The van der Waals surface area contributed by atoms with Crippen molar-refractivity contribution in [2.45, 2.75) is 75.9 Å². The van der Waals surface area contributed by atoms with Gasteiger partial charge in [-0.1, -0.05) is 93.4 Å². The minimum absolute atomic E-state index is 0.106. The molecule has 0 bridgehead atoms. The van der Waals surface area contributed by atoms with Crippen LogP contribution in [0.25, 0.3) is 0 Å². The van der Waals surface area contributed by atoms with Crippen molar-refractivity contribution in [1.82, 2.24) is 10.2 Å². The number of para-hydroxylation sites is 1. The Labute approximate surface area is 238 Å². The number of nitrogens with one attached hydrogen (secondary N) is 1. The van der Waals surface area contributed by atoms with Crippen LogP contribution >= 0.6 is 0 Å². The molecule has 0 heterocycles. The first-order valence-corrected chi connectivity index (χ1v) is 15.6. The lowest BCUT2D eigenvalue weighted by atomic mass is 10.1. The molecule has 8 heteroatoms. The van der Waals surface area contributed by atoms with Crippen LogP contribution in [0, 0.1) is 0 Å². The van der Waals surface area contributed by atoms with Crippen LogP contribution in [0.15, 0.2) is 89.8 Å². The lowest BCUT2D eigenvalue weighted by Crippen LogP contribution is -2.53. The minimum atomic E-state index is -4.07. The first-order valence-electron chi connectivity index (χ1n) is 14.1. The summed E-state index contributed by atoms with van der Waals surface area (Å²) in [6.45, 7) is 3.62. The van der Waals surface area contributed by atoms with E-state index in [9.17, 15) is 18.0 Å². The van der Waals surface area contributed by atoms with Crippen molar-refractivity contribution in [2.24, 2.45) is 0 Å². The third-order valence-electron chi connectivity index (χ3n) is 7.53. The molecule has 212 valence electrons. The molecule has 2 amide bonds. The Morgan fingerprint density at radius 2 is 1.48 bits per heavy atom. The molecule has 1 N–H and O–H groups in total. The van der Waals surface area contributed by atoms with Gasteiger partial charge in [-0.05, 0) is 55.0 Å². The summed E-state index contributed by atoms with van der Waals surface area (Å²) in [7, 11) is -4.07. The quantitative estimate of drug-likeness (QED) is 0.325. The van der Waals surface area contributed by atoms with Gasteiger partial charge in [-0.15, -0.1) is 0 Å². The highest BCUT2D eigenvalue weighted by Crippen LogP contribution is 2.28. The Balaban J connectivity index is 1.72. The molecule has 0 spiro atoms. The number of nitrogens with zero attached hydrogens (tertiary/aromatic N) is 2. The SMILES string of the molecule is CCc1ccccc1N(CC(=O)N(Cc1ccccc1)[C@@H](CC)C(=O)NC1CCCC1)S(=O)(=O)c1ccccc1. The number of hydrogen-bond acceptors (Lipinski definition) is 4. The van der Waals surface area contributed by atoms with Gasteiger partial charge in [0.1, 0.15) is 12.6 Å². The van der Waals surface area contributed by atoms with Gasteiger partial charge >= 0.3 is 0 Å². The number of rotatable bonds is 12. The standard InChI is InChI=1S/C32H39N3O4S/c1-3-26-17-11-14-22-30(26)35(40(38,39)28-20-9-6-10-21-28)24-31(36)34(23-25-15-7-5-8-16-25)29(4-2)32(37)33-27-18-12-13-19-27/h5-11,14-17,20-22,27,29H,3-4,12-13,18-19,23-24H2,1-2H3,(H,33,37)/t29-/m0/s1. The normalized spacial score (nSPS) is 14.4. The highest BCUT2D eigenvalue weighted by molar-refractivity contribution is 7.92. The number of benzene rings is 3. The van der Waals surface area contributed by atoms with Crippen molar-refractivity contribution in [1.29, 1.82) is 0 Å². The Kier molecular flexibility index (Phi) is 9.98. The largest absolute Gasteiger partial charge is 0.352 e. The molecule has 0 radical (unpaired) electrons. The molecule has 1 aliphatic carbocycles. The van der Waals surface area contributed by atoms with Crippen molar-refractivity contribution >= 4 is 27.5 Å². The second kappa shape index (κ2) is 13.6. The van der Waals surface area contributed by atoms with Crippen LogP contribution in [0.4, 0.5) is 5.69 Å². The Hall–Kier alpha value is -3.65. The van der Waals surface area contributed by atoms with E-state index in [1.807, 2.05) is 56.3 Å².